The van der Waals surface area contributed by atoms with E-state index in [4.69, 9.17) is 4.74 Å². The zero-order valence-corrected chi connectivity index (χ0v) is 11.3. The number of benzene rings is 1. The van der Waals surface area contributed by atoms with Gasteiger partial charge in [-0.05, 0) is 63.9 Å². The van der Waals surface area contributed by atoms with Crippen molar-refractivity contribution < 1.29 is 9.53 Å². The van der Waals surface area contributed by atoms with Crippen LogP contribution in [0.2, 0.25) is 0 Å². The molecule has 0 atom stereocenters. The highest BCUT2D eigenvalue weighted by molar-refractivity contribution is 5.89. The van der Waals surface area contributed by atoms with Crippen molar-refractivity contribution in [2.75, 3.05) is 13.1 Å². The Hall–Kier alpha value is -1.35. The second-order valence-corrected chi connectivity index (χ2v) is 5.93. The van der Waals surface area contributed by atoms with Gasteiger partial charge in [-0.3, -0.25) is 0 Å². The van der Waals surface area contributed by atoms with Crippen LogP contribution in [0.1, 0.15) is 36.7 Å². The number of carbonyl (C=O) groups is 1. The summed E-state index contributed by atoms with van der Waals surface area (Å²) < 4.78 is 5.33. The van der Waals surface area contributed by atoms with Gasteiger partial charge in [-0.1, -0.05) is 12.1 Å². The number of hydrogen-bond donors (Lipinski definition) is 1. The van der Waals surface area contributed by atoms with Crippen molar-refractivity contribution in [2.45, 2.75) is 32.8 Å². The zero-order chi connectivity index (χ0) is 13.2. The average Bonchev–Trinajstić information content (AvgIpc) is 2.22. The third kappa shape index (κ3) is 3.57. The molecule has 0 bridgehead atoms. The van der Waals surface area contributed by atoms with Crippen molar-refractivity contribution in [3.05, 3.63) is 35.4 Å². The van der Waals surface area contributed by atoms with Crippen molar-refractivity contribution in [1.82, 2.24) is 5.32 Å². The van der Waals surface area contributed by atoms with Gasteiger partial charge in [0, 0.05) is 0 Å². The molecule has 1 aromatic rings. The summed E-state index contributed by atoms with van der Waals surface area (Å²) in [4.78, 5) is 11.8. The summed E-state index contributed by atoms with van der Waals surface area (Å²) in [5.41, 5.74) is 1.47. The first-order valence-electron chi connectivity index (χ1n) is 6.47. The second kappa shape index (κ2) is 5.11. The van der Waals surface area contributed by atoms with Gasteiger partial charge in [0.2, 0.25) is 0 Å². The van der Waals surface area contributed by atoms with Gasteiger partial charge in [-0.25, -0.2) is 4.79 Å². The number of nitrogens with one attached hydrogen (secondary N) is 1. The van der Waals surface area contributed by atoms with Crippen LogP contribution >= 0.6 is 0 Å². The van der Waals surface area contributed by atoms with Gasteiger partial charge < -0.3 is 10.1 Å². The van der Waals surface area contributed by atoms with Crippen molar-refractivity contribution in [3.8, 4) is 0 Å². The molecule has 1 aromatic carbocycles. The minimum Gasteiger partial charge on any atom is -0.456 e. The fraction of sp³-hybridized carbons (Fsp3) is 0.533. The Morgan fingerprint density at radius 3 is 2.33 bits per heavy atom. The molecular formula is C15H21NO2. The van der Waals surface area contributed by atoms with Crippen LogP contribution in [0.25, 0.3) is 0 Å². The standard InChI is InChI=1S/C15H21NO2/c1-15(2,3)18-14(17)13-6-4-11(5-7-13)8-12-9-16-10-12/h4-7,12,16H,8-10H2,1-3H3. The van der Waals surface area contributed by atoms with Gasteiger partial charge in [0.1, 0.15) is 5.60 Å². The molecule has 2 rings (SSSR count). The molecule has 0 unspecified atom stereocenters. The van der Waals surface area contributed by atoms with E-state index in [1.54, 1.807) is 0 Å². The van der Waals surface area contributed by atoms with Crippen LogP contribution < -0.4 is 5.32 Å². The summed E-state index contributed by atoms with van der Waals surface area (Å²) in [7, 11) is 0. The molecule has 1 heterocycles. The highest BCUT2D eigenvalue weighted by Crippen LogP contribution is 2.16. The van der Waals surface area contributed by atoms with Crippen LogP contribution in [0.3, 0.4) is 0 Å². The van der Waals surface area contributed by atoms with E-state index in [1.165, 1.54) is 5.56 Å². The Balaban J connectivity index is 1.96. The summed E-state index contributed by atoms with van der Waals surface area (Å²) in [6.45, 7) is 7.84. The first-order valence-corrected chi connectivity index (χ1v) is 6.47. The highest BCUT2D eigenvalue weighted by atomic mass is 16.6. The molecule has 0 radical (unpaired) electrons. The van der Waals surface area contributed by atoms with E-state index in [0.717, 1.165) is 25.4 Å². The molecule has 1 aliphatic rings. The number of ether oxygens (including phenoxy) is 1. The number of carbonyl (C=O) groups excluding carboxylic acids is 1. The topological polar surface area (TPSA) is 38.3 Å². The Morgan fingerprint density at radius 2 is 1.89 bits per heavy atom. The molecule has 0 aliphatic carbocycles. The van der Waals surface area contributed by atoms with E-state index in [-0.39, 0.29) is 5.97 Å². The maximum absolute atomic E-state index is 11.8. The molecule has 3 nitrogen and oxygen atoms in total. The lowest BCUT2D eigenvalue weighted by molar-refractivity contribution is 0.00695. The number of hydrogen-bond acceptors (Lipinski definition) is 3. The van der Waals surface area contributed by atoms with E-state index in [0.29, 0.717) is 5.56 Å². The Kier molecular flexibility index (Phi) is 3.71. The molecule has 0 saturated carbocycles. The van der Waals surface area contributed by atoms with Gasteiger partial charge in [0.05, 0.1) is 5.56 Å². The fourth-order valence-corrected chi connectivity index (χ4v) is 1.94. The summed E-state index contributed by atoms with van der Waals surface area (Å²) in [5, 5.41) is 3.26. The summed E-state index contributed by atoms with van der Waals surface area (Å²) in [6, 6.07) is 7.76. The predicted octanol–water partition coefficient (Wildman–Crippen LogP) is 2.40. The van der Waals surface area contributed by atoms with Crippen LogP contribution in [0, 0.1) is 5.92 Å². The SMILES string of the molecule is CC(C)(C)OC(=O)c1ccc(CC2CNC2)cc1. The fourth-order valence-electron chi connectivity index (χ4n) is 1.94. The normalized spacial score (nSPS) is 16.2. The molecule has 1 aliphatic heterocycles. The third-order valence-electron chi connectivity index (χ3n) is 2.98. The van der Waals surface area contributed by atoms with E-state index in [2.05, 4.69) is 5.32 Å². The van der Waals surface area contributed by atoms with Crippen LogP contribution in [-0.4, -0.2) is 24.7 Å². The summed E-state index contributed by atoms with van der Waals surface area (Å²) in [5.74, 6) is 0.497. The van der Waals surface area contributed by atoms with Crippen molar-refractivity contribution in [3.63, 3.8) is 0 Å². The van der Waals surface area contributed by atoms with E-state index in [1.807, 2.05) is 45.0 Å². The zero-order valence-electron chi connectivity index (χ0n) is 11.3. The van der Waals surface area contributed by atoms with Gasteiger partial charge in [-0.15, -0.1) is 0 Å². The van der Waals surface area contributed by atoms with Crippen LogP contribution in [0.15, 0.2) is 24.3 Å². The predicted molar refractivity (Wildman–Crippen MR) is 71.7 cm³/mol. The average molecular weight is 247 g/mol. The van der Waals surface area contributed by atoms with Crippen molar-refractivity contribution in [1.29, 1.82) is 0 Å². The maximum atomic E-state index is 11.8. The molecular weight excluding hydrogens is 226 g/mol. The minimum absolute atomic E-state index is 0.251. The molecule has 1 fully saturated rings. The van der Waals surface area contributed by atoms with Gasteiger partial charge in [0.25, 0.3) is 0 Å². The third-order valence-corrected chi connectivity index (χ3v) is 2.98. The van der Waals surface area contributed by atoms with Crippen LogP contribution in [0.4, 0.5) is 0 Å². The Morgan fingerprint density at radius 1 is 1.28 bits per heavy atom. The van der Waals surface area contributed by atoms with Crippen LogP contribution in [-0.2, 0) is 11.2 Å². The monoisotopic (exact) mass is 247 g/mol. The summed E-state index contributed by atoms with van der Waals surface area (Å²) in [6.07, 6.45) is 1.08. The Labute approximate surface area is 109 Å². The van der Waals surface area contributed by atoms with Gasteiger partial charge in [-0.2, -0.15) is 0 Å². The summed E-state index contributed by atoms with van der Waals surface area (Å²) >= 11 is 0. The van der Waals surface area contributed by atoms with E-state index in [9.17, 15) is 4.79 Å². The smallest absolute Gasteiger partial charge is 0.338 e. The van der Waals surface area contributed by atoms with Crippen molar-refractivity contribution >= 4 is 5.97 Å². The lowest BCUT2D eigenvalue weighted by Crippen LogP contribution is -2.43. The number of esters is 1. The van der Waals surface area contributed by atoms with Gasteiger partial charge >= 0.3 is 5.97 Å². The lowest BCUT2D eigenvalue weighted by Gasteiger charge is -2.27. The van der Waals surface area contributed by atoms with Crippen LogP contribution in [0.5, 0.6) is 0 Å². The molecule has 98 valence electrons. The Bertz CT molecular complexity index is 413. The first kappa shape index (κ1) is 13.1. The second-order valence-electron chi connectivity index (χ2n) is 5.93. The lowest BCUT2D eigenvalue weighted by atomic mass is 9.94. The molecule has 0 spiro atoms. The van der Waals surface area contributed by atoms with Gasteiger partial charge in [0.15, 0.2) is 0 Å². The van der Waals surface area contributed by atoms with E-state index >= 15 is 0 Å². The maximum Gasteiger partial charge on any atom is 0.338 e. The quantitative estimate of drug-likeness (QED) is 0.834. The highest BCUT2D eigenvalue weighted by Gasteiger charge is 2.19. The molecule has 1 N–H and O–H groups in total. The van der Waals surface area contributed by atoms with Crippen molar-refractivity contribution in [2.24, 2.45) is 5.92 Å². The number of rotatable bonds is 3. The molecule has 3 heteroatoms. The minimum atomic E-state index is -0.437. The molecule has 1 saturated heterocycles. The largest absolute Gasteiger partial charge is 0.456 e. The molecule has 18 heavy (non-hydrogen) atoms. The first-order chi connectivity index (χ1) is 8.44. The molecule has 0 amide bonds. The molecule has 0 aromatic heterocycles. The van der Waals surface area contributed by atoms with E-state index < -0.39 is 5.60 Å².